The van der Waals surface area contributed by atoms with Crippen LogP contribution in [0.1, 0.15) is 0 Å². The first-order valence-corrected chi connectivity index (χ1v) is 10.7. The van der Waals surface area contributed by atoms with Crippen molar-refractivity contribution in [2.75, 3.05) is 33.2 Å². The monoisotopic (exact) mass is 424 g/mol. The van der Waals surface area contributed by atoms with Crippen LogP contribution in [-0.4, -0.2) is 70.5 Å². The quantitative estimate of drug-likeness (QED) is 0.373. The molecule has 0 bridgehead atoms. The van der Waals surface area contributed by atoms with Crippen LogP contribution < -0.4 is 0 Å². The van der Waals surface area contributed by atoms with Gasteiger partial charge in [-0.15, -0.1) is 16.8 Å². The Morgan fingerprint density at radius 2 is 2.04 bits per heavy atom. The Hall–Kier alpha value is -2.28. The lowest BCUT2D eigenvalue weighted by molar-refractivity contribution is -0.388. The maximum Gasteiger partial charge on any atom is 0.284 e. The van der Waals surface area contributed by atoms with Crippen LogP contribution in [0.15, 0.2) is 52.1 Å². The fraction of sp³-hybridized carbons (Fsp3) is 0.375. The second kappa shape index (κ2) is 8.39. The summed E-state index contributed by atoms with van der Waals surface area (Å²) >= 11 is 1.06. The van der Waals surface area contributed by atoms with Crippen molar-refractivity contribution in [2.45, 2.75) is 21.5 Å². The van der Waals surface area contributed by atoms with Gasteiger partial charge >= 0.3 is 0 Å². The predicted octanol–water partition coefficient (Wildman–Crippen LogP) is 1.46. The SMILES string of the molecule is C=CCn1cnnc1Sc1ccc(S(=O)(=O)N2CCN(C)CC2)cc1[N+](=O)[O-]. The number of hydrogen-bond donors (Lipinski definition) is 0. The molecule has 0 aliphatic carbocycles. The summed E-state index contributed by atoms with van der Waals surface area (Å²) in [6.45, 7) is 6.05. The van der Waals surface area contributed by atoms with Crippen LogP contribution in [-0.2, 0) is 16.6 Å². The minimum Gasteiger partial charge on any atom is -0.304 e. The van der Waals surface area contributed by atoms with Crippen molar-refractivity contribution in [1.82, 2.24) is 24.0 Å². The van der Waals surface area contributed by atoms with Gasteiger partial charge in [-0.1, -0.05) is 6.08 Å². The third kappa shape index (κ3) is 4.24. The van der Waals surface area contributed by atoms with Gasteiger partial charge in [0.2, 0.25) is 10.0 Å². The third-order valence-corrected chi connectivity index (χ3v) is 7.29. The highest BCUT2D eigenvalue weighted by molar-refractivity contribution is 7.99. The number of nitro groups is 1. The minimum absolute atomic E-state index is 0.0827. The fourth-order valence-electron chi connectivity index (χ4n) is 2.75. The van der Waals surface area contributed by atoms with Gasteiger partial charge in [0.05, 0.1) is 14.7 Å². The van der Waals surface area contributed by atoms with E-state index in [1.54, 1.807) is 10.6 Å². The molecule has 1 aromatic heterocycles. The maximum absolute atomic E-state index is 12.9. The Balaban J connectivity index is 1.92. The van der Waals surface area contributed by atoms with Crippen molar-refractivity contribution in [3.05, 3.63) is 47.3 Å². The molecule has 28 heavy (non-hydrogen) atoms. The molecule has 1 saturated heterocycles. The molecule has 1 aliphatic rings. The zero-order valence-electron chi connectivity index (χ0n) is 15.3. The Kier molecular flexibility index (Phi) is 6.13. The number of nitrogens with zero attached hydrogens (tertiary/aromatic N) is 6. The van der Waals surface area contributed by atoms with Crippen LogP contribution in [0.25, 0.3) is 0 Å². The number of benzene rings is 1. The molecule has 1 aromatic carbocycles. The van der Waals surface area contributed by atoms with Gasteiger partial charge in [0.1, 0.15) is 6.33 Å². The van der Waals surface area contributed by atoms with Gasteiger partial charge in [-0.05, 0) is 30.9 Å². The first kappa shape index (κ1) is 20.5. The molecule has 10 nitrogen and oxygen atoms in total. The standard InChI is InChI=1S/C16H20N6O4S2/c1-3-6-20-12-17-18-16(20)27-15-5-4-13(11-14(15)22(23)24)28(25,26)21-9-7-19(2)8-10-21/h3-5,11-12H,1,6-10H2,2H3. The van der Waals surface area contributed by atoms with Gasteiger partial charge in [0.25, 0.3) is 5.69 Å². The van der Waals surface area contributed by atoms with E-state index in [1.807, 2.05) is 11.9 Å². The van der Waals surface area contributed by atoms with E-state index in [9.17, 15) is 18.5 Å². The van der Waals surface area contributed by atoms with E-state index < -0.39 is 14.9 Å². The molecular formula is C16H20N6O4S2. The molecule has 3 rings (SSSR count). The minimum atomic E-state index is -3.79. The molecule has 0 spiro atoms. The summed E-state index contributed by atoms with van der Waals surface area (Å²) < 4.78 is 28.8. The van der Waals surface area contributed by atoms with Crippen LogP contribution in [0.4, 0.5) is 5.69 Å². The Morgan fingerprint density at radius 1 is 1.32 bits per heavy atom. The Labute approximate surface area is 167 Å². The van der Waals surface area contributed by atoms with E-state index in [0.717, 1.165) is 17.8 Å². The summed E-state index contributed by atoms with van der Waals surface area (Å²) in [5.41, 5.74) is -0.284. The van der Waals surface area contributed by atoms with Crippen LogP contribution in [0.3, 0.4) is 0 Å². The molecule has 2 heterocycles. The van der Waals surface area contributed by atoms with Crippen LogP contribution in [0.5, 0.6) is 0 Å². The lowest BCUT2D eigenvalue weighted by Crippen LogP contribution is -2.47. The lowest BCUT2D eigenvalue weighted by atomic mass is 10.3. The molecule has 12 heteroatoms. The van der Waals surface area contributed by atoms with Crippen molar-refractivity contribution in [2.24, 2.45) is 0 Å². The smallest absolute Gasteiger partial charge is 0.284 e. The summed E-state index contributed by atoms with van der Waals surface area (Å²) in [6.07, 6.45) is 3.16. The molecule has 2 aromatic rings. The molecule has 0 amide bonds. The Morgan fingerprint density at radius 3 is 2.68 bits per heavy atom. The molecule has 0 unspecified atom stereocenters. The summed E-state index contributed by atoms with van der Waals surface area (Å²) in [7, 11) is -1.87. The van der Waals surface area contributed by atoms with Crippen molar-refractivity contribution >= 4 is 27.5 Å². The van der Waals surface area contributed by atoms with Crippen LogP contribution in [0.2, 0.25) is 0 Å². The van der Waals surface area contributed by atoms with E-state index in [-0.39, 0.29) is 10.6 Å². The summed E-state index contributed by atoms with van der Waals surface area (Å²) in [5, 5.41) is 19.8. The zero-order chi connectivity index (χ0) is 20.3. The molecular weight excluding hydrogens is 404 g/mol. The fourth-order valence-corrected chi connectivity index (χ4v) is 5.09. The van der Waals surface area contributed by atoms with E-state index >= 15 is 0 Å². The average Bonchev–Trinajstić information content (AvgIpc) is 3.09. The van der Waals surface area contributed by atoms with E-state index in [4.69, 9.17) is 0 Å². The molecule has 0 N–H and O–H groups in total. The van der Waals surface area contributed by atoms with Crippen LogP contribution in [0, 0.1) is 10.1 Å². The number of piperazine rings is 1. The number of likely N-dealkylation sites (N-methyl/N-ethyl adjacent to an activating group) is 1. The largest absolute Gasteiger partial charge is 0.304 e. The second-order valence-corrected chi connectivity index (χ2v) is 9.20. The summed E-state index contributed by atoms with van der Waals surface area (Å²) in [5.74, 6) is 0. The van der Waals surface area contributed by atoms with Gasteiger partial charge in [0.15, 0.2) is 5.16 Å². The summed E-state index contributed by atoms with van der Waals surface area (Å²) in [6, 6.07) is 3.96. The molecule has 0 saturated carbocycles. The topological polar surface area (TPSA) is 114 Å². The van der Waals surface area contributed by atoms with Crippen molar-refractivity contribution < 1.29 is 13.3 Å². The van der Waals surface area contributed by atoms with Gasteiger partial charge < -0.3 is 9.47 Å². The van der Waals surface area contributed by atoms with E-state index in [2.05, 4.69) is 16.8 Å². The second-order valence-electron chi connectivity index (χ2n) is 6.25. The lowest BCUT2D eigenvalue weighted by Gasteiger charge is -2.31. The third-order valence-electron chi connectivity index (χ3n) is 4.33. The number of nitro benzene ring substituents is 1. The molecule has 150 valence electrons. The van der Waals surface area contributed by atoms with Crippen LogP contribution >= 0.6 is 11.8 Å². The average molecular weight is 425 g/mol. The summed E-state index contributed by atoms with van der Waals surface area (Å²) in [4.78, 5) is 13.2. The number of sulfonamides is 1. The molecule has 0 radical (unpaired) electrons. The van der Waals surface area contributed by atoms with Gasteiger partial charge in [-0.25, -0.2) is 8.42 Å². The van der Waals surface area contributed by atoms with E-state index in [0.29, 0.717) is 42.8 Å². The molecule has 0 atom stereocenters. The van der Waals surface area contributed by atoms with Crippen molar-refractivity contribution in [1.29, 1.82) is 0 Å². The highest BCUT2D eigenvalue weighted by Crippen LogP contribution is 2.36. The number of hydrogen-bond acceptors (Lipinski definition) is 8. The highest BCUT2D eigenvalue weighted by Gasteiger charge is 2.30. The zero-order valence-corrected chi connectivity index (χ0v) is 16.9. The highest BCUT2D eigenvalue weighted by atomic mass is 32.2. The van der Waals surface area contributed by atoms with E-state index in [1.165, 1.54) is 22.8 Å². The number of allylic oxidation sites excluding steroid dienone is 1. The number of aromatic nitrogens is 3. The normalized spacial score (nSPS) is 16.2. The van der Waals surface area contributed by atoms with Gasteiger partial charge in [-0.3, -0.25) is 10.1 Å². The van der Waals surface area contributed by atoms with Gasteiger partial charge in [0, 0.05) is 38.8 Å². The maximum atomic E-state index is 12.9. The van der Waals surface area contributed by atoms with Gasteiger partial charge in [-0.2, -0.15) is 4.31 Å². The number of rotatable bonds is 7. The molecule has 1 aliphatic heterocycles. The first-order chi connectivity index (χ1) is 13.3. The predicted molar refractivity (Wildman–Crippen MR) is 104 cm³/mol. The van der Waals surface area contributed by atoms with Crippen molar-refractivity contribution in [3.63, 3.8) is 0 Å². The Bertz CT molecular complexity index is 983. The van der Waals surface area contributed by atoms with Crippen molar-refractivity contribution in [3.8, 4) is 0 Å². The molecule has 1 fully saturated rings. The first-order valence-electron chi connectivity index (χ1n) is 8.46.